The monoisotopic (exact) mass is 274 g/mol. The lowest BCUT2D eigenvalue weighted by Crippen LogP contribution is -2.25. The standard InChI is InChI=1S/C10H9BrF2N2/c11-7-1-2-8-6(3-7)4-9(15-8)10(12,13)5-14/h1-4,15H,5,14H2. The fourth-order valence-corrected chi connectivity index (χ4v) is 1.79. The van der Waals surface area contributed by atoms with Gasteiger partial charge in [-0.2, -0.15) is 8.78 Å². The molecule has 5 heteroatoms. The number of nitrogens with two attached hydrogens (primary N) is 1. The van der Waals surface area contributed by atoms with Crippen molar-refractivity contribution in [2.75, 3.05) is 6.54 Å². The Balaban J connectivity index is 2.56. The van der Waals surface area contributed by atoms with Crippen LogP contribution in [-0.4, -0.2) is 11.5 Å². The molecule has 15 heavy (non-hydrogen) atoms. The largest absolute Gasteiger partial charge is 0.353 e. The van der Waals surface area contributed by atoms with E-state index in [1.165, 1.54) is 6.07 Å². The van der Waals surface area contributed by atoms with Crippen LogP contribution >= 0.6 is 15.9 Å². The molecule has 0 fully saturated rings. The van der Waals surface area contributed by atoms with Crippen molar-refractivity contribution in [2.45, 2.75) is 5.92 Å². The van der Waals surface area contributed by atoms with Crippen molar-refractivity contribution >= 4 is 26.8 Å². The first-order valence-corrected chi connectivity index (χ1v) is 5.19. The van der Waals surface area contributed by atoms with Gasteiger partial charge in [0.25, 0.3) is 5.92 Å². The van der Waals surface area contributed by atoms with Crippen molar-refractivity contribution in [1.29, 1.82) is 0 Å². The third-order valence-corrected chi connectivity index (χ3v) is 2.73. The molecule has 0 saturated carbocycles. The summed E-state index contributed by atoms with van der Waals surface area (Å²) in [4.78, 5) is 2.66. The maximum absolute atomic E-state index is 13.3. The van der Waals surface area contributed by atoms with Crippen molar-refractivity contribution in [2.24, 2.45) is 5.73 Å². The first-order chi connectivity index (χ1) is 7.03. The number of aromatic amines is 1. The van der Waals surface area contributed by atoms with Crippen LogP contribution in [0.5, 0.6) is 0 Å². The van der Waals surface area contributed by atoms with E-state index < -0.39 is 12.5 Å². The third-order valence-electron chi connectivity index (χ3n) is 2.23. The maximum atomic E-state index is 13.3. The average Bonchev–Trinajstić information content (AvgIpc) is 2.61. The van der Waals surface area contributed by atoms with Crippen LogP contribution in [0, 0.1) is 0 Å². The van der Waals surface area contributed by atoms with Crippen LogP contribution in [0.3, 0.4) is 0 Å². The zero-order chi connectivity index (χ0) is 11.1. The summed E-state index contributed by atoms with van der Waals surface area (Å²) in [5.41, 5.74) is 5.55. The number of fused-ring (bicyclic) bond motifs is 1. The Morgan fingerprint density at radius 1 is 1.33 bits per heavy atom. The molecule has 1 aromatic heterocycles. The summed E-state index contributed by atoms with van der Waals surface area (Å²) in [6, 6.07) is 6.74. The second-order valence-corrected chi connectivity index (χ2v) is 4.24. The Morgan fingerprint density at radius 3 is 2.73 bits per heavy atom. The predicted molar refractivity (Wildman–Crippen MR) is 58.9 cm³/mol. The van der Waals surface area contributed by atoms with Crippen molar-refractivity contribution in [1.82, 2.24) is 4.98 Å². The highest BCUT2D eigenvalue weighted by Gasteiger charge is 2.31. The minimum Gasteiger partial charge on any atom is -0.353 e. The Labute approximate surface area is 93.6 Å². The van der Waals surface area contributed by atoms with Crippen LogP contribution in [0.25, 0.3) is 10.9 Å². The summed E-state index contributed by atoms with van der Waals surface area (Å²) in [5.74, 6) is -2.99. The highest BCUT2D eigenvalue weighted by Crippen LogP contribution is 2.29. The second-order valence-electron chi connectivity index (χ2n) is 3.32. The van der Waals surface area contributed by atoms with Gasteiger partial charge in [-0.05, 0) is 24.3 Å². The quantitative estimate of drug-likeness (QED) is 0.869. The van der Waals surface area contributed by atoms with Gasteiger partial charge in [0.2, 0.25) is 0 Å². The summed E-state index contributed by atoms with van der Waals surface area (Å²) in [7, 11) is 0. The molecule has 0 aliphatic heterocycles. The first kappa shape index (κ1) is 10.6. The third kappa shape index (κ3) is 1.89. The second kappa shape index (κ2) is 3.57. The number of alkyl halides is 2. The van der Waals surface area contributed by atoms with Gasteiger partial charge in [-0.15, -0.1) is 0 Å². The molecule has 1 heterocycles. The van der Waals surface area contributed by atoms with Gasteiger partial charge in [0.15, 0.2) is 0 Å². The zero-order valence-corrected chi connectivity index (χ0v) is 9.31. The van der Waals surface area contributed by atoms with Crippen LogP contribution in [0.2, 0.25) is 0 Å². The van der Waals surface area contributed by atoms with E-state index in [0.717, 1.165) is 9.86 Å². The van der Waals surface area contributed by atoms with Crippen LogP contribution in [0.1, 0.15) is 5.69 Å². The molecule has 0 atom stereocenters. The van der Waals surface area contributed by atoms with Gasteiger partial charge >= 0.3 is 0 Å². The molecule has 0 bridgehead atoms. The fraction of sp³-hybridized carbons (Fsp3) is 0.200. The molecule has 1 aromatic carbocycles. The Morgan fingerprint density at radius 2 is 2.07 bits per heavy atom. The average molecular weight is 275 g/mol. The minimum atomic E-state index is -2.99. The molecule has 2 rings (SSSR count). The maximum Gasteiger partial charge on any atom is 0.299 e. The summed E-state index contributed by atoms with van der Waals surface area (Å²) < 4.78 is 27.4. The molecular formula is C10H9BrF2N2. The number of rotatable bonds is 2. The van der Waals surface area contributed by atoms with E-state index in [1.807, 2.05) is 0 Å². The number of H-pyrrole nitrogens is 1. The van der Waals surface area contributed by atoms with Crippen molar-refractivity contribution in [3.05, 3.63) is 34.4 Å². The number of hydrogen-bond donors (Lipinski definition) is 2. The zero-order valence-electron chi connectivity index (χ0n) is 7.73. The smallest absolute Gasteiger partial charge is 0.299 e. The minimum absolute atomic E-state index is 0.141. The van der Waals surface area contributed by atoms with E-state index in [1.54, 1.807) is 18.2 Å². The molecule has 3 N–H and O–H groups in total. The van der Waals surface area contributed by atoms with Gasteiger partial charge in [0.1, 0.15) is 0 Å². The van der Waals surface area contributed by atoms with Crippen molar-refractivity contribution in [3.63, 3.8) is 0 Å². The first-order valence-electron chi connectivity index (χ1n) is 4.39. The molecule has 0 aliphatic carbocycles. The van der Waals surface area contributed by atoms with Gasteiger partial charge in [0, 0.05) is 15.4 Å². The van der Waals surface area contributed by atoms with E-state index in [0.29, 0.717) is 5.52 Å². The molecule has 80 valence electrons. The number of nitrogens with one attached hydrogen (secondary N) is 1. The number of halogens is 3. The van der Waals surface area contributed by atoms with Gasteiger partial charge in [-0.25, -0.2) is 0 Å². The van der Waals surface area contributed by atoms with Crippen LogP contribution in [0.4, 0.5) is 8.78 Å². The lowest BCUT2D eigenvalue weighted by Gasteiger charge is -2.10. The van der Waals surface area contributed by atoms with Crippen molar-refractivity contribution < 1.29 is 8.78 Å². The molecular weight excluding hydrogens is 266 g/mol. The molecule has 0 saturated heterocycles. The van der Waals surface area contributed by atoms with E-state index in [9.17, 15) is 8.78 Å². The number of aromatic nitrogens is 1. The molecule has 0 unspecified atom stereocenters. The van der Waals surface area contributed by atoms with E-state index in [4.69, 9.17) is 5.73 Å². The van der Waals surface area contributed by atoms with Crippen LogP contribution in [-0.2, 0) is 5.92 Å². The van der Waals surface area contributed by atoms with E-state index in [-0.39, 0.29) is 5.69 Å². The normalized spacial score (nSPS) is 12.3. The Bertz CT molecular complexity index is 493. The highest BCUT2D eigenvalue weighted by atomic mass is 79.9. The Hall–Kier alpha value is -0.940. The molecule has 0 radical (unpaired) electrons. The summed E-state index contributed by atoms with van der Waals surface area (Å²) >= 11 is 3.28. The summed E-state index contributed by atoms with van der Waals surface area (Å²) in [5, 5.41) is 0.743. The lowest BCUT2D eigenvalue weighted by atomic mass is 10.2. The number of benzene rings is 1. The molecule has 2 nitrogen and oxygen atoms in total. The molecule has 0 amide bonds. The van der Waals surface area contributed by atoms with Gasteiger partial charge in [0.05, 0.1) is 12.2 Å². The van der Waals surface area contributed by atoms with Crippen molar-refractivity contribution in [3.8, 4) is 0 Å². The van der Waals surface area contributed by atoms with Gasteiger partial charge < -0.3 is 10.7 Å². The predicted octanol–water partition coefficient (Wildman–Crippen LogP) is 2.98. The fourth-order valence-electron chi connectivity index (χ4n) is 1.41. The SMILES string of the molecule is NCC(F)(F)c1cc2cc(Br)ccc2[nH]1. The molecule has 2 aromatic rings. The van der Waals surface area contributed by atoms with E-state index >= 15 is 0 Å². The topological polar surface area (TPSA) is 41.8 Å². The molecule has 0 spiro atoms. The summed E-state index contributed by atoms with van der Waals surface area (Å²) in [6.45, 7) is -0.693. The van der Waals surface area contributed by atoms with Gasteiger partial charge in [-0.3, -0.25) is 0 Å². The van der Waals surface area contributed by atoms with Gasteiger partial charge in [-0.1, -0.05) is 15.9 Å². The highest BCUT2D eigenvalue weighted by molar-refractivity contribution is 9.10. The Kier molecular flexibility index (Phi) is 2.52. The molecule has 0 aliphatic rings. The lowest BCUT2D eigenvalue weighted by molar-refractivity contribution is 0.00213. The summed E-state index contributed by atoms with van der Waals surface area (Å²) in [6.07, 6.45) is 0. The van der Waals surface area contributed by atoms with E-state index in [2.05, 4.69) is 20.9 Å². The van der Waals surface area contributed by atoms with Crippen LogP contribution in [0.15, 0.2) is 28.7 Å². The van der Waals surface area contributed by atoms with Crippen LogP contribution < -0.4 is 5.73 Å². The number of hydrogen-bond acceptors (Lipinski definition) is 1.